The quantitative estimate of drug-likeness (QED) is 0.609. The normalized spacial score (nSPS) is 21.2. The number of hydrogen-bond acceptors (Lipinski definition) is 2. The van der Waals surface area contributed by atoms with Crippen molar-refractivity contribution in [1.29, 1.82) is 0 Å². The molecule has 1 aromatic rings. The van der Waals surface area contributed by atoms with Gasteiger partial charge in [0.25, 0.3) is 0 Å². The molecule has 1 aliphatic carbocycles. The first-order valence-corrected chi connectivity index (χ1v) is 3.64. The van der Waals surface area contributed by atoms with Crippen molar-refractivity contribution in [3.05, 3.63) is 35.7 Å². The first-order chi connectivity index (χ1) is 5.29. The molecule has 1 heterocycles. The molecule has 1 aliphatic rings. The minimum Gasteiger partial charge on any atom is -0.508 e. The van der Waals surface area contributed by atoms with Gasteiger partial charge in [0, 0.05) is 23.9 Å². The van der Waals surface area contributed by atoms with Crippen LogP contribution in [0.25, 0.3) is 5.76 Å². The lowest BCUT2D eigenvalue weighted by atomic mass is 10.1. The van der Waals surface area contributed by atoms with E-state index in [1.54, 1.807) is 12.4 Å². The standard InChI is InChI=1S/C9H9NO/c1-6-4-9(11)7-2-3-10-5-8(6)7/h2-6,11H,1H3/t6-/m1/s1. The molecule has 1 atom stereocenters. The molecule has 0 spiro atoms. The Morgan fingerprint density at radius 1 is 1.55 bits per heavy atom. The summed E-state index contributed by atoms with van der Waals surface area (Å²) >= 11 is 0. The number of nitrogens with zero attached hydrogens (tertiary/aromatic N) is 1. The van der Waals surface area contributed by atoms with Crippen LogP contribution in [-0.4, -0.2) is 10.1 Å². The van der Waals surface area contributed by atoms with E-state index in [2.05, 4.69) is 4.98 Å². The molecule has 0 bridgehead atoms. The molecule has 11 heavy (non-hydrogen) atoms. The number of hydrogen-bond donors (Lipinski definition) is 1. The largest absolute Gasteiger partial charge is 0.508 e. The second-order valence-corrected chi connectivity index (χ2v) is 2.80. The summed E-state index contributed by atoms with van der Waals surface area (Å²) in [5.74, 6) is 0.689. The van der Waals surface area contributed by atoms with Crippen molar-refractivity contribution in [2.75, 3.05) is 0 Å². The van der Waals surface area contributed by atoms with Crippen LogP contribution in [0.1, 0.15) is 24.0 Å². The Morgan fingerprint density at radius 2 is 2.36 bits per heavy atom. The molecular weight excluding hydrogens is 138 g/mol. The highest BCUT2D eigenvalue weighted by Crippen LogP contribution is 2.32. The summed E-state index contributed by atoms with van der Waals surface area (Å²) in [4.78, 5) is 4.00. The Bertz CT molecular complexity index is 317. The Morgan fingerprint density at radius 3 is 3.09 bits per heavy atom. The Kier molecular flexibility index (Phi) is 1.22. The van der Waals surface area contributed by atoms with Crippen LogP contribution in [0.5, 0.6) is 0 Å². The lowest BCUT2D eigenvalue weighted by Gasteiger charge is -2.00. The van der Waals surface area contributed by atoms with Crippen LogP contribution in [0.3, 0.4) is 0 Å². The highest BCUT2D eigenvalue weighted by Gasteiger charge is 2.18. The number of pyridine rings is 1. The van der Waals surface area contributed by atoms with Gasteiger partial charge in [-0.2, -0.15) is 0 Å². The van der Waals surface area contributed by atoms with E-state index in [1.165, 1.54) is 0 Å². The first-order valence-electron chi connectivity index (χ1n) is 3.64. The van der Waals surface area contributed by atoms with Crippen LogP contribution < -0.4 is 0 Å². The average Bonchev–Trinajstić information content (AvgIpc) is 2.30. The molecule has 2 rings (SSSR count). The van der Waals surface area contributed by atoms with E-state index in [9.17, 15) is 5.11 Å². The van der Waals surface area contributed by atoms with Gasteiger partial charge in [-0.1, -0.05) is 6.92 Å². The van der Waals surface area contributed by atoms with Crippen LogP contribution in [0.15, 0.2) is 24.5 Å². The third kappa shape index (κ3) is 0.827. The fourth-order valence-corrected chi connectivity index (χ4v) is 1.42. The zero-order valence-electron chi connectivity index (χ0n) is 6.28. The summed E-state index contributed by atoms with van der Waals surface area (Å²) in [6.07, 6.45) is 5.34. The molecule has 0 unspecified atom stereocenters. The lowest BCUT2D eigenvalue weighted by molar-refractivity contribution is 0.512. The third-order valence-corrected chi connectivity index (χ3v) is 2.03. The number of aliphatic hydroxyl groups excluding tert-OH is 1. The van der Waals surface area contributed by atoms with Gasteiger partial charge in [-0.15, -0.1) is 0 Å². The second-order valence-electron chi connectivity index (χ2n) is 2.80. The number of allylic oxidation sites excluding steroid dienone is 1. The Hall–Kier alpha value is -1.31. The van der Waals surface area contributed by atoms with Gasteiger partial charge < -0.3 is 5.11 Å². The molecule has 0 saturated heterocycles. The van der Waals surface area contributed by atoms with Crippen molar-refractivity contribution >= 4 is 5.76 Å². The van der Waals surface area contributed by atoms with Crippen molar-refractivity contribution in [3.63, 3.8) is 0 Å². The molecule has 56 valence electrons. The van der Waals surface area contributed by atoms with Crippen LogP contribution in [-0.2, 0) is 0 Å². The maximum Gasteiger partial charge on any atom is 0.119 e. The van der Waals surface area contributed by atoms with E-state index >= 15 is 0 Å². The predicted molar refractivity (Wildman–Crippen MR) is 43.3 cm³/mol. The summed E-state index contributed by atoms with van der Waals surface area (Å²) in [6.45, 7) is 2.05. The molecule has 1 aromatic heterocycles. The van der Waals surface area contributed by atoms with E-state index in [-0.39, 0.29) is 0 Å². The van der Waals surface area contributed by atoms with Gasteiger partial charge in [0.15, 0.2) is 0 Å². The van der Waals surface area contributed by atoms with Crippen LogP contribution in [0, 0.1) is 0 Å². The summed E-state index contributed by atoms with van der Waals surface area (Å²) in [6, 6.07) is 1.84. The summed E-state index contributed by atoms with van der Waals surface area (Å²) in [5.41, 5.74) is 2.04. The van der Waals surface area contributed by atoms with E-state index in [4.69, 9.17) is 0 Å². The summed E-state index contributed by atoms with van der Waals surface area (Å²) < 4.78 is 0. The van der Waals surface area contributed by atoms with Crippen molar-refractivity contribution in [2.45, 2.75) is 12.8 Å². The monoisotopic (exact) mass is 147 g/mol. The summed E-state index contributed by atoms with van der Waals surface area (Å²) in [7, 11) is 0. The molecule has 0 aliphatic heterocycles. The average molecular weight is 147 g/mol. The molecule has 0 radical (unpaired) electrons. The molecule has 1 N–H and O–H groups in total. The van der Waals surface area contributed by atoms with Gasteiger partial charge >= 0.3 is 0 Å². The van der Waals surface area contributed by atoms with Crippen molar-refractivity contribution in [2.24, 2.45) is 0 Å². The van der Waals surface area contributed by atoms with Gasteiger partial charge in [-0.05, 0) is 17.7 Å². The molecule has 0 aromatic carbocycles. The van der Waals surface area contributed by atoms with Crippen LogP contribution in [0.4, 0.5) is 0 Å². The minimum atomic E-state index is 0.304. The van der Waals surface area contributed by atoms with Gasteiger partial charge in [-0.25, -0.2) is 0 Å². The van der Waals surface area contributed by atoms with Gasteiger partial charge in [0.05, 0.1) is 0 Å². The minimum absolute atomic E-state index is 0.304. The topological polar surface area (TPSA) is 33.1 Å². The zero-order chi connectivity index (χ0) is 7.84. The van der Waals surface area contributed by atoms with E-state index in [0.717, 1.165) is 11.1 Å². The third-order valence-electron chi connectivity index (χ3n) is 2.03. The molecular formula is C9H9NO. The van der Waals surface area contributed by atoms with Crippen molar-refractivity contribution in [1.82, 2.24) is 4.98 Å². The highest BCUT2D eigenvalue weighted by atomic mass is 16.3. The molecule has 0 fully saturated rings. The van der Waals surface area contributed by atoms with Gasteiger partial charge in [0.1, 0.15) is 5.76 Å². The Balaban J connectivity index is 2.62. The smallest absolute Gasteiger partial charge is 0.119 e. The highest BCUT2D eigenvalue weighted by molar-refractivity contribution is 5.68. The maximum atomic E-state index is 9.39. The summed E-state index contributed by atoms with van der Waals surface area (Å²) in [5, 5.41) is 9.39. The van der Waals surface area contributed by atoms with E-state index in [1.807, 2.05) is 19.1 Å². The predicted octanol–water partition coefficient (Wildman–Crippen LogP) is 2.10. The number of aromatic nitrogens is 1. The van der Waals surface area contributed by atoms with Gasteiger partial charge in [-0.3, -0.25) is 4.98 Å². The SMILES string of the molecule is C[C@@H]1C=C(O)c2ccncc21. The van der Waals surface area contributed by atoms with E-state index in [0.29, 0.717) is 11.7 Å². The molecule has 0 saturated carbocycles. The molecule has 2 heteroatoms. The fraction of sp³-hybridized carbons (Fsp3) is 0.222. The first kappa shape index (κ1) is 6.40. The van der Waals surface area contributed by atoms with Crippen LogP contribution >= 0.6 is 0 Å². The zero-order valence-corrected chi connectivity index (χ0v) is 6.28. The van der Waals surface area contributed by atoms with E-state index < -0.39 is 0 Å². The molecule has 0 amide bonds. The molecule has 2 nitrogen and oxygen atoms in total. The number of fused-ring (bicyclic) bond motifs is 1. The van der Waals surface area contributed by atoms with Gasteiger partial charge in [0.2, 0.25) is 0 Å². The van der Waals surface area contributed by atoms with Crippen molar-refractivity contribution in [3.8, 4) is 0 Å². The Labute approximate surface area is 65.2 Å². The second kappa shape index (κ2) is 2.09. The number of rotatable bonds is 0. The van der Waals surface area contributed by atoms with Crippen molar-refractivity contribution < 1.29 is 5.11 Å². The maximum absolute atomic E-state index is 9.39. The fourth-order valence-electron chi connectivity index (χ4n) is 1.42. The lowest BCUT2D eigenvalue weighted by Crippen LogP contribution is -1.88. The van der Waals surface area contributed by atoms with Crippen LogP contribution in [0.2, 0.25) is 0 Å². The number of aliphatic hydroxyl groups is 1.